The van der Waals surface area contributed by atoms with Crippen LogP contribution in [0.2, 0.25) is 0 Å². The highest BCUT2D eigenvalue weighted by Crippen LogP contribution is 2.25. The highest BCUT2D eigenvalue weighted by Gasteiger charge is 2.14. The van der Waals surface area contributed by atoms with Crippen LogP contribution in [-0.2, 0) is 6.42 Å². The molecule has 0 unspecified atom stereocenters. The van der Waals surface area contributed by atoms with Gasteiger partial charge in [-0.3, -0.25) is 4.79 Å². The van der Waals surface area contributed by atoms with E-state index in [2.05, 4.69) is 32.2 Å². The Morgan fingerprint density at radius 2 is 2.05 bits per heavy atom. The standard InChI is InChI=1S/C17H25NO/c1-17(2,3)10-5-4-6-16(19)14-7-8-15-13(12-14)9-11-18-15/h7-8,12,18H,4-6,9-11H2,1-3H3. The number of hydrogen-bond donors (Lipinski definition) is 1. The van der Waals surface area contributed by atoms with E-state index in [1.807, 2.05) is 12.1 Å². The van der Waals surface area contributed by atoms with Crippen LogP contribution in [0.15, 0.2) is 18.2 Å². The minimum atomic E-state index is 0.295. The van der Waals surface area contributed by atoms with Crippen LogP contribution in [0.25, 0.3) is 0 Å². The fourth-order valence-corrected chi connectivity index (χ4v) is 2.56. The molecule has 1 heterocycles. The predicted molar refractivity (Wildman–Crippen MR) is 80.9 cm³/mol. The molecular formula is C17H25NO. The van der Waals surface area contributed by atoms with Gasteiger partial charge in [0.25, 0.3) is 0 Å². The Morgan fingerprint density at radius 3 is 2.79 bits per heavy atom. The summed E-state index contributed by atoms with van der Waals surface area (Å²) in [5.74, 6) is 0.295. The third kappa shape index (κ3) is 4.09. The summed E-state index contributed by atoms with van der Waals surface area (Å²) in [5, 5.41) is 3.32. The fraction of sp³-hybridized carbons (Fsp3) is 0.588. The van der Waals surface area contributed by atoms with Crippen molar-refractivity contribution < 1.29 is 4.79 Å². The van der Waals surface area contributed by atoms with Gasteiger partial charge in [0.05, 0.1) is 0 Å². The molecule has 0 saturated carbocycles. The maximum Gasteiger partial charge on any atom is 0.162 e. The lowest BCUT2D eigenvalue weighted by Gasteiger charge is -2.17. The van der Waals surface area contributed by atoms with Crippen molar-refractivity contribution in [1.82, 2.24) is 0 Å². The van der Waals surface area contributed by atoms with Gasteiger partial charge in [0.15, 0.2) is 5.78 Å². The molecule has 1 aliphatic heterocycles. The smallest absolute Gasteiger partial charge is 0.162 e. The van der Waals surface area contributed by atoms with Crippen molar-refractivity contribution in [2.75, 3.05) is 11.9 Å². The quantitative estimate of drug-likeness (QED) is 0.625. The van der Waals surface area contributed by atoms with Crippen molar-refractivity contribution in [3.8, 4) is 0 Å². The average molecular weight is 259 g/mol. The first-order valence-corrected chi connectivity index (χ1v) is 7.36. The van der Waals surface area contributed by atoms with Gasteiger partial charge in [0.2, 0.25) is 0 Å². The molecule has 0 aliphatic carbocycles. The highest BCUT2D eigenvalue weighted by atomic mass is 16.1. The second-order valence-electron chi connectivity index (χ2n) is 6.74. The van der Waals surface area contributed by atoms with Crippen molar-refractivity contribution in [1.29, 1.82) is 0 Å². The van der Waals surface area contributed by atoms with Crippen LogP contribution < -0.4 is 5.32 Å². The molecule has 0 bridgehead atoms. The van der Waals surface area contributed by atoms with E-state index in [1.165, 1.54) is 17.7 Å². The molecule has 0 saturated heterocycles. The summed E-state index contributed by atoms with van der Waals surface area (Å²) in [7, 11) is 0. The van der Waals surface area contributed by atoms with Crippen LogP contribution in [0, 0.1) is 5.41 Å². The number of anilines is 1. The normalized spacial score (nSPS) is 14.1. The lowest BCUT2D eigenvalue weighted by Crippen LogP contribution is -2.05. The van der Waals surface area contributed by atoms with Gasteiger partial charge in [-0.2, -0.15) is 0 Å². The predicted octanol–water partition coefficient (Wildman–Crippen LogP) is 4.44. The molecule has 2 rings (SSSR count). The van der Waals surface area contributed by atoms with Crippen molar-refractivity contribution in [2.45, 2.75) is 52.9 Å². The molecule has 0 spiro atoms. The highest BCUT2D eigenvalue weighted by molar-refractivity contribution is 5.96. The third-order valence-electron chi connectivity index (χ3n) is 3.72. The number of carbonyl (C=O) groups is 1. The van der Waals surface area contributed by atoms with Gasteiger partial charge in [0, 0.05) is 24.2 Å². The molecule has 104 valence electrons. The van der Waals surface area contributed by atoms with E-state index in [0.717, 1.165) is 31.4 Å². The topological polar surface area (TPSA) is 29.1 Å². The van der Waals surface area contributed by atoms with E-state index in [9.17, 15) is 4.79 Å². The average Bonchev–Trinajstić information content (AvgIpc) is 2.80. The van der Waals surface area contributed by atoms with E-state index in [4.69, 9.17) is 0 Å². The number of fused-ring (bicyclic) bond motifs is 1. The Hall–Kier alpha value is -1.31. The number of rotatable bonds is 5. The van der Waals surface area contributed by atoms with Gasteiger partial charge in [0.1, 0.15) is 0 Å². The summed E-state index contributed by atoms with van der Waals surface area (Å²) in [4.78, 5) is 12.1. The zero-order valence-corrected chi connectivity index (χ0v) is 12.4. The molecule has 1 N–H and O–H groups in total. The van der Waals surface area contributed by atoms with E-state index in [1.54, 1.807) is 0 Å². The number of Topliss-reactive ketones (excluding diaryl/α,β-unsaturated/α-hetero) is 1. The summed E-state index contributed by atoms with van der Waals surface area (Å²) in [6.07, 6.45) is 5.06. The Morgan fingerprint density at radius 1 is 1.26 bits per heavy atom. The molecule has 0 radical (unpaired) electrons. The van der Waals surface area contributed by atoms with Crippen LogP contribution in [0.3, 0.4) is 0 Å². The molecular weight excluding hydrogens is 234 g/mol. The molecule has 0 amide bonds. The largest absolute Gasteiger partial charge is 0.384 e. The number of hydrogen-bond acceptors (Lipinski definition) is 2. The summed E-state index contributed by atoms with van der Waals surface area (Å²) >= 11 is 0. The van der Waals surface area contributed by atoms with E-state index in [-0.39, 0.29) is 0 Å². The maximum absolute atomic E-state index is 12.1. The summed E-state index contributed by atoms with van der Waals surface area (Å²) < 4.78 is 0. The molecule has 0 aromatic heterocycles. The first-order chi connectivity index (χ1) is 8.96. The van der Waals surface area contributed by atoms with E-state index < -0.39 is 0 Å². The number of ketones is 1. The second kappa shape index (κ2) is 5.77. The Kier molecular flexibility index (Phi) is 4.28. The Labute approximate surface area is 116 Å². The van der Waals surface area contributed by atoms with Gasteiger partial charge in [-0.25, -0.2) is 0 Å². The van der Waals surface area contributed by atoms with Gasteiger partial charge in [-0.15, -0.1) is 0 Å². The SMILES string of the molecule is CC(C)(C)CCCCC(=O)c1ccc2c(c1)CCN2. The van der Waals surface area contributed by atoms with Crippen LogP contribution in [0.4, 0.5) is 5.69 Å². The molecule has 19 heavy (non-hydrogen) atoms. The molecule has 2 nitrogen and oxygen atoms in total. The molecule has 1 aromatic carbocycles. The first kappa shape index (κ1) is 14.1. The van der Waals surface area contributed by atoms with Gasteiger partial charge >= 0.3 is 0 Å². The molecule has 1 aliphatic rings. The molecule has 1 aromatic rings. The number of nitrogens with one attached hydrogen (secondary N) is 1. The van der Waals surface area contributed by atoms with Gasteiger partial charge in [-0.05, 0) is 48.4 Å². The third-order valence-corrected chi connectivity index (χ3v) is 3.72. The number of unbranched alkanes of at least 4 members (excludes halogenated alkanes) is 1. The van der Waals surface area contributed by atoms with Crippen molar-refractivity contribution >= 4 is 11.5 Å². The van der Waals surface area contributed by atoms with Gasteiger partial charge < -0.3 is 5.32 Å². The Bertz CT molecular complexity index is 457. The van der Waals surface area contributed by atoms with Crippen molar-refractivity contribution in [3.05, 3.63) is 29.3 Å². The van der Waals surface area contributed by atoms with Crippen LogP contribution in [0.5, 0.6) is 0 Å². The van der Waals surface area contributed by atoms with Crippen LogP contribution >= 0.6 is 0 Å². The zero-order chi connectivity index (χ0) is 13.9. The maximum atomic E-state index is 12.1. The minimum absolute atomic E-state index is 0.295. The lowest BCUT2D eigenvalue weighted by atomic mass is 9.89. The van der Waals surface area contributed by atoms with Crippen LogP contribution in [0.1, 0.15) is 62.4 Å². The summed E-state index contributed by atoms with van der Waals surface area (Å²) in [6.45, 7) is 7.76. The minimum Gasteiger partial charge on any atom is -0.384 e. The first-order valence-electron chi connectivity index (χ1n) is 7.36. The van der Waals surface area contributed by atoms with E-state index >= 15 is 0 Å². The zero-order valence-electron chi connectivity index (χ0n) is 12.4. The van der Waals surface area contributed by atoms with Crippen LogP contribution in [-0.4, -0.2) is 12.3 Å². The van der Waals surface area contributed by atoms with Crippen molar-refractivity contribution in [2.24, 2.45) is 5.41 Å². The molecule has 2 heteroatoms. The lowest BCUT2D eigenvalue weighted by molar-refractivity contribution is 0.0978. The fourth-order valence-electron chi connectivity index (χ4n) is 2.56. The number of benzene rings is 1. The summed E-state index contributed by atoms with van der Waals surface area (Å²) in [5.41, 5.74) is 3.76. The second-order valence-corrected chi connectivity index (χ2v) is 6.74. The molecule has 0 fully saturated rings. The summed E-state index contributed by atoms with van der Waals surface area (Å²) in [6, 6.07) is 6.08. The molecule has 0 atom stereocenters. The van der Waals surface area contributed by atoms with Gasteiger partial charge in [-0.1, -0.05) is 27.2 Å². The number of carbonyl (C=O) groups excluding carboxylic acids is 1. The Balaban J connectivity index is 1.83. The van der Waals surface area contributed by atoms with Crippen molar-refractivity contribution in [3.63, 3.8) is 0 Å². The monoisotopic (exact) mass is 259 g/mol. The van der Waals surface area contributed by atoms with E-state index in [0.29, 0.717) is 17.6 Å².